The molecule has 82 valence electrons. The molecule has 0 aliphatic carbocycles. The minimum Gasteiger partial charge on any atom is -0.508 e. The fraction of sp³-hybridized carbons (Fsp3) is 0. The summed E-state index contributed by atoms with van der Waals surface area (Å²) in [5.74, 6) is 5.53. The summed E-state index contributed by atoms with van der Waals surface area (Å²) in [6, 6.07) is 7.56. The Hall–Kier alpha value is -2.34. The van der Waals surface area contributed by atoms with Gasteiger partial charge in [0.2, 0.25) is 0 Å². The van der Waals surface area contributed by atoms with Crippen LogP contribution in [0.25, 0.3) is 11.3 Å². The molecule has 0 bridgehead atoms. The lowest BCUT2D eigenvalue weighted by Crippen LogP contribution is -2.08. The molecular formula is C10H10N4O2. The van der Waals surface area contributed by atoms with Crippen LogP contribution in [0.1, 0.15) is 0 Å². The molecule has 0 saturated heterocycles. The van der Waals surface area contributed by atoms with Crippen LogP contribution in [-0.4, -0.2) is 20.4 Å². The number of phenols is 2. The van der Waals surface area contributed by atoms with Gasteiger partial charge in [0.1, 0.15) is 11.5 Å². The Morgan fingerprint density at radius 3 is 2.44 bits per heavy atom. The molecule has 0 atom stereocenters. The number of nitrogen functional groups attached to an aromatic ring is 1. The first kappa shape index (κ1) is 10.2. The van der Waals surface area contributed by atoms with Gasteiger partial charge < -0.3 is 15.6 Å². The van der Waals surface area contributed by atoms with Crippen LogP contribution in [0.2, 0.25) is 0 Å². The molecule has 1 aromatic carbocycles. The molecule has 1 heterocycles. The van der Waals surface area contributed by atoms with Gasteiger partial charge >= 0.3 is 0 Å². The first-order valence-corrected chi connectivity index (χ1v) is 4.53. The lowest BCUT2D eigenvalue weighted by molar-refractivity contribution is 0.451. The third-order valence-electron chi connectivity index (χ3n) is 2.07. The normalized spacial score (nSPS) is 10.1. The topological polar surface area (TPSA) is 104 Å². The molecular weight excluding hydrogens is 208 g/mol. The van der Waals surface area contributed by atoms with Crippen LogP contribution in [0, 0.1) is 0 Å². The maximum Gasteiger partial charge on any atom is 0.162 e. The first-order valence-electron chi connectivity index (χ1n) is 4.53. The van der Waals surface area contributed by atoms with E-state index in [2.05, 4.69) is 15.6 Å². The molecule has 0 unspecified atom stereocenters. The number of aromatic nitrogens is 2. The summed E-state index contributed by atoms with van der Waals surface area (Å²) in [4.78, 5) is 0. The van der Waals surface area contributed by atoms with Crippen molar-refractivity contribution in [2.24, 2.45) is 5.84 Å². The van der Waals surface area contributed by atoms with Gasteiger partial charge in [0, 0.05) is 11.6 Å². The van der Waals surface area contributed by atoms with Gasteiger partial charge in [-0.3, -0.25) is 0 Å². The van der Waals surface area contributed by atoms with E-state index in [0.29, 0.717) is 17.1 Å². The van der Waals surface area contributed by atoms with Crippen LogP contribution >= 0.6 is 0 Å². The van der Waals surface area contributed by atoms with Crippen molar-refractivity contribution < 1.29 is 10.2 Å². The number of aromatic hydroxyl groups is 2. The average Bonchev–Trinajstić information content (AvgIpc) is 2.29. The maximum atomic E-state index is 9.60. The Morgan fingerprint density at radius 2 is 1.88 bits per heavy atom. The maximum absolute atomic E-state index is 9.60. The van der Waals surface area contributed by atoms with E-state index in [1.165, 1.54) is 12.1 Å². The van der Waals surface area contributed by atoms with Crippen LogP contribution in [0.15, 0.2) is 30.3 Å². The Labute approximate surface area is 91.3 Å². The van der Waals surface area contributed by atoms with E-state index in [1.54, 1.807) is 18.2 Å². The highest BCUT2D eigenvalue weighted by atomic mass is 16.3. The van der Waals surface area contributed by atoms with E-state index in [0.717, 1.165) is 0 Å². The third kappa shape index (κ3) is 1.86. The predicted molar refractivity (Wildman–Crippen MR) is 58.6 cm³/mol. The zero-order valence-electron chi connectivity index (χ0n) is 8.25. The summed E-state index contributed by atoms with van der Waals surface area (Å²) in [7, 11) is 0. The average molecular weight is 218 g/mol. The van der Waals surface area contributed by atoms with Gasteiger partial charge in [0.25, 0.3) is 0 Å². The van der Waals surface area contributed by atoms with Crippen molar-refractivity contribution in [3.8, 4) is 22.8 Å². The highest BCUT2D eigenvalue weighted by molar-refractivity contribution is 5.67. The molecule has 0 radical (unpaired) electrons. The van der Waals surface area contributed by atoms with Crippen molar-refractivity contribution in [2.75, 3.05) is 5.43 Å². The van der Waals surface area contributed by atoms with E-state index in [9.17, 15) is 5.11 Å². The number of rotatable bonds is 2. The van der Waals surface area contributed by atoms with Gasteiger partial charge in [-0.25, -0.2) is 5.84 Å². The molecule has 16 heavy (non-hydrogen) atoms. The van der Waals surface area contributed by atoms with E-state index in [1.807, 2.05) is 0 Å². The second kappa shape index (κ2) is 4.03. The number of nitrogens with zero attached hydrogens (tertiary/aromatic N) is 2. The number of hydrogen-bond donors (Lipinski definition) is 4. The standard InChI is InChI=1S/C10H10N4O2/c11-12-10-4-3-8(13-14-10)7-2-1-6(15)5-9(7)16/h1-5,15-16H,11H2,(H,12,14). The fourth-order valence-electron chi connectivity index (χ4n) is 1.29. The van der Waals surface area contributed by atoms with Gasteiger partial charge in [0.05, 0.1) is 5.69 Å². The predicted octanol–water partition coefficient (Wildman–Crippen LogP) is 0.840. The Balaban J connectivity index is 2.42. The van der Waals surface area contributed by atoms with E-state index < -0.39 is 0 Å². The van der Waals surface area contributed by atoms with Crippen LogP contribution in [0.5, 0.6) is 11.5 Å². The summed E-state index contributed by atoms with van der Waals surface area (Å²) in [5, 5.41) is 26.4. The molecule has 0 amide bonds. The summed E-state index contributed by atoms with van der Waals surface area (Å²) in [6.07, 6.45) is 0. The van der Waals surface area contributed by atoms with Crippen molar-refractivity contribution in [1.29, 1.82) is 0 Å². The molecule has 0 fully saturated rings. The summed E-state index contributed by atoms with van der Waals surface area (Å²) in [5.41, 5.74) is 3.34. The Bertz CT molecular complexity index is 499. The highest BCUT2D eigenvalue weighted by Gasteiger charge is 2.06. The lowest BCUT2D eigenvalue weighted by atomic mass is 10.1. The van der Waals surface area contributed by atoms with Gasteiger partial charge in [-0.15, -0.1) is 10.2 Å². The molecule has 0 spiro atoms. The Kier molecular flexibility index (Phi) is 2.57. The molecule has 0 aliphatic heterocycles. The summed E-state index contributed by atoms with van der Waals surface area (Å²) in [6.45, 7) is 0. The number of nitrogens with two attached hydrogens (primary N) is 1. The summed E-state index contributed by atoms with van der Waals surface area (Å²) < 4.78 is 0. The number of benzene rings is 1. The number of phenolic OH excluding ortho intramolecular Hbond substituents is 2. The van der Waals surface area contributed by atoms with Crippen molar-refractivity contribution in [3.63, 3.8) is 0 Å². The lowest BCUT2D eigenvalue weighted by Gasteiger charge is -2.04. The number of nitrogens with one attached hydrogen (secondary N) is 1. The molecule has 5 N–H and O–H groups in total. The van der Waals surface area contributed by atoms with Gasteiger partial charge in [0.15, 0.2) is 5.82 Å². The van der Waals surface area contributed by atoms with Gasteiger partial charge in [-0.2, -0.15) is 0 Å². The third-order valence-corrected chi connectivity index (χ3v) is 2.07. The quantitative estimate of drug-likeness (QED) is 0.440. The fourth-order valence-corrected chi connectivity index (χ4v) is 1.29. The zero-order valence-corrected chi connectivity index (χ0v) is 8.25. The molecule has 2 rings (SSSR count). The van der Waals surface area contributed by atoms with E-state index in [-0.39, 0.29) is 11.5 Å². The second-order valence-electron chi connectivity index (χ2n) is 3.15. The molecule has 0 aliphatic rings. The SMILES string of the molecule is NNc1ccc(-c2ccc(O)cc2O)nn1. The van der Waals surface area contributed by atoms with Crippen LogP contribution in [0.3, 0.4) is 0 Å². The number of anilines is 1. The monoisotopic (exact) mass is 218 g/mol. The van der Waals surface area contributed by atoms with Crippen molar-refractivity contribution >= 4 is 5.82 Å². The molecule has 6 nitrogen and oxygen atoms in total. The molecule has 6 heteroatoms. The smallest absolute Gasteiger partial charge is 0.162 e. The molecule has 1 aromatic heterocycles. The van der Waals surface area contributed by atoms with Gasteiger partial charge in [-0.05, 0) is 24.3 Å². The molecule has 2 aromatic rings. The van der Waals surface area contributed by atoms with Crippen LogP contribution < -0.4 is 11.3 Å². The van der Waals surface area contributed by atoms with Crippen LogP contribution in [-0.2, 0) is 0 Å². The first-order chi connectivity index (χ1) is 7.70. The van der Waals surface area contributed by atoms with Gasteiger partial charge in [-0.1, -0.05) is 0 Å². The van der Waals surface area contributed by atoms with Crippen molar-refractivity contribution in [1.82, 2.24) is 10.2 Å². The Morgan fingerprint density at radius 1 is 1.06 bits per heavy atom. The van der Waals surface area contributed by atoms with E-state index >= 15 is 0 Å². The van der Waals surface area contributed by atoms with E-state index in [4.69, 9.17) is 10.9 Å². The highest BCUT2D eigenvalue weighted by Crippen LogP contribution is 2.30. The number of hydrazine groups is 1. The minimum absolute atomic E-state index is 0.00514. The van der Waals surface area contributed by atoms with Crippen molar-refractivity contribution in [3.05, 3.63) is 30.3 Å². The zero-order chi connectivity index (χ0) is 11.5. The minimum atomic E-state index is -0.0530. The van der Waals surface area contributed by atoms with Crippen molar-refractivity contribution in [2.45, 2.75) is 0 Å². The van der Waals surface area contributed by atoms with Crippen LogP contribution in [0.4, 0.5) is 5.82 Å². The largest absolute Gasteiger partial charge is 0.508 e. The molecule has 0 saturated carbocycles. The number of hydrogen-bond acceptors (Lipinski definition) is 6. The summed E-state index contributed by atoms with van der Waals surface area (Å²) >= 11 is 0. The second-order valence-corrected chi connectivity index (χ2v) is 3.15.